The molecule has 8 nitrogen and oxygen atoms in total. The number of pyridine rings is 1. The lowest BCUT2D eigenvalue weighted by molar-refractivity contribution is -0.274. The van der Waals surface area contributed by atoms with Gasteiger partial charge in [0.05, 0.1) is 17.3 Å². The average Bonchev–Trinajstić information content (AvgIpc) is 2.70. The van der Waals surface area contributed by atoms with E-state index >= 15 is 0 Å². The summed E-state index contributed by atoms with van der Waals surface area (Å²) < 4.78 is 46.8. The number of nitrogens with one attached hydrogen (secondary N) is 2. The van der Waals surface area contributed by atoms with Crippen molar-refractivity contribution >= 4 is 23.4 Å². The van der Waals surface area contributed by atoms with Crippen LogP contribution in [0.15, 0.2) is 36.5 Å². The van der Waals surface area contributed by atoms with Gasteiger partial charge in [0.2, 0.25) is 5.91 Å². The van der Waals surface area contributed by atoms with Gasteiger partial charge in [-0.05, 0) is 50.1 Å². The fourth-order valence-electron chi connectivity index (χ4n) is 3.28. The summed E-state index contributed by atoms with van der Waals surface area (Å²) in [5.74, 6) is -0.477. The molecule has 0 spiro atoms. The van der Waals surface area contributed by atoms with Crippen molar-refractivity contribution in [2.45, 2.75) is 38.8 Å². The molecular formula is C21H23F3N4O4. The van der Waals surface area contributed by atoms with Crippen LogP contribution in [0.25, 0.3) is 0 Å². The Balaban J connectivity index is 1.89. The van der Waals surface area contributed by atoms with Gasteiger partial charge in [0.25, 0.3) is 0 Å². The average molecular weight is 452 g/mol. The number of hydrogen-bond donors (Lipinski definition) is 2. The third-order valence-corrected chi connectivity index (χ3v) is 5.02. The number of carbonyl (C=O) groups excluding carboxylic acids is 2. The molecule has 1 atom stereocenters. The first-order valence-electron chi connectivity index (χ1n) is 9.65. The van der Waals surface area contributed by atoms with E-state index in [2.05, 4.69) is 20.4 Å². The molecule has 3 rings (SSSR count). The number of anilines is 2. The monoisotopic (exact) mass is 452 g/mol. The molecule has 1 aliphatic heterocycles. The van der Waals surface area contributed by atoms with E-state index in [0.29, 0.717) is 11.3 Å². The number of alkyl halides is 3. The number of methoxy groups -OCH3 is 1. The van der Waals surface area contributed by atoms with Crippen molar-refractivity contribution in [3.8, 4) is 5.75 Å². The summed E-state index contributed by atoms with van der Waals surface area (Å²) in [5, 5.41) is 5.50. The molecule has 1 unspecified atom stereocenters. The molecule has 1 aromatic heterocycles. The fourth-order valence-corrected chi connectivity index (χ4v) is 3.28. The van der Waals surface area contributed by atoms with Crippen molar-refractivity contribution in [2.75, 3.05) is 23.9 Å². The molecule has 11 heteroatoms. The van der Waals surface area contributed by atoms with Crippen LogP contribution < -0.4 is 20.3 Å². The van der Waals surface area contributed by atoms with Crippen LogP contribution in [-0.2, 0) is 9.53 Å². The van der Waals surface area contributed by atoms with Crippen LogP contribution in [0, 0.1) is 6.92 Å². The van der Waals surface area contributed by atoms with Gasteiger partial charge in [0, 0.05) is 13.3 Å². The van der Waals surface area contributed by atoms with Crippen LogP contribution in [0.3, 0.4) is 0 Å². The Kier molecular flexibility index (Phi) is 6.31. The third kappa shape index (κ3) is 5.28. The second-order valence-electron chi connectivity index (χ2n) is 7.83. The normalized spacial score (nSPS) is 15.0. The van der Waals surface area contributed by atoms with E-state index in [1.807, 2.05) is 6.92 Å². The van der Waals surface area contributed by atoms with Crippen molar-refractivity contribution in [2.24, 2.45) is 0 Å². The molecule has 0 saturated carbocycles. The summed E-state index contributed by atoms with van der Waals surface area (Å²) >= 11 is 0. The maximum absolute atomic E-state index is 13.2. The second kappa shape index (κ2) is 8.65. The first-order valence-corrected chi connectivity index (χ1v) is 9.65. The largest absolute Gasteiger partial charge is 0.573 e. The van der Waals surface area contributed by atoms with E-state index in [0.717, 1.165) is 17.7 Å². The lowest BCUT2D eigenvalue weighted by Crippen LogP contribution is -2.52. The molecule has 172 valence electrons. The Morgan fingerprint density at radius 1 is 1.25 bits per heavy atom. The van der Waals surface area contributed by atoms with Crippen LogP contribution in [0.4, 0.5) is 29.5 Å². The predicted octanol–water partition coefficient (Wildman–Crippen LogP) is 3.92. The minimum Gasteiger partial charge on any atom is -0.406 e. The first-order chi connectivity index (χ1) is 14.9. The van der Waals surface area contributed by atoms with Crippen LogP contribution in [0.5, 0.6) is 5.75 Å². The highest BCUT2D eigenvalue weighted by Gasteiger charge is 2.36. The number of aryl methyl sites for hydroxylation is 1. The molecule has 0 bridgehead atoms. The molecule has 2 aromatic rings. The molecule has 1 aromatic carbocycles. The maximum Gasteiger partial charge on any atom is 0.573 e. The van der Waals surface area contributed by atoms with Gasteiger partial charge in [-0.2, -0.15) is 0 Å². The van der Waals surface area contributed by atoms with E-state index < -0.39 is 24.0 Å². The van der Waals surface area contributed by atoms with Crippen LogP contribution in [0.1, 0.15) is 31.0 Å². The summed E-state index contributed by atoms with van der Waals surface area (Å²) in [6, 6.07) is 5.46. The zero-order chi connectivity index (χ0) is 23.7. The van der Waals surface area contributed by atoms with Gasteiger partial charge in [-0.3, -0.25) is 9.69 Å². The van der Waals surface area contributed by atoms with Crippen LogP contribution in [0.2, 0.25) is 0 Å². The summed E-state index contributed by atoms with van der Waals surface area (Å²) in [7, 11) is 1.45. The van der Waals surface area contributed by atoms with E-state index in [1.165, 1.54) is 24.1 Å². The summed E-state index contributed by atoms with van der Waals surface area (Å²) in [6.45, 7) is 5.00. The lowest BCUT2D eigenvalue weighted by Gasteiger charge is -2.36. The van der Waals surface area contributed by atoms with Gasteiger partial charge in [0.15, 0.2) is 5.82 Å². The van der Waals surface area contributed by atoms with Crippen molar-refractivity contribution in [3.05, 3.63) is 47.7 Å². The zero-order valence-electron chi connectivity index (χ0n) is 17.9. The van der Waals surface area contributed by atoms with Crippen molar-refractivity contribution < 1.29 is 32.2 Å². The lowest BCUT2D eigenvalue weighted by atomic mass is 9.91. The van der Waals surface area contributed by atoms with Gasteiger partial charge < -0.3 is 20.1 Å². The number of fused-ring (bicyclic) bond motifs is 1. The number of amides is 3. The zero-order valence-corrected chi connectivity index (χ0v) is 17.9. The number of rotatable bonds is 5. The number of ether oxygens (including phenoxy) is 2. The fraction of sp³-hybridized carbons (Fsp3) is 0.381. The van der Waals surface area contributed by atoms with E-state index in [-0.39, 0.29) is 24.0 Å². The molecule has 3 amide bonds. The number of hydrogen-bond acceptors (Lipinski definition) is 5. The van der Waals surface area contributed by atoms with Gasteiger partial charge in [0.1, 0.15) is 12.3 Å². The molecule has 0 radical (unpaired) electrons. The van der Waals surface area contributed by atoms with Crippen molar-refractivity contribution in [3.63, 3.8) is 0 Å². The van der Waals surface area contributed by atoms with E-state index in [1.54, 1.807) is 26.1 Å². The Labute approximate surface area is 182 Å². The molecule has 0 saturated heterocycles. The summed E-state index contributed by atoms with van der Waals surface area (Å²) in [6.07, 6.45) is -3.24. The molecule has 2 heterocycles. The Morgan fingerprint density at radius 3 is 2.50 bits per heavy atom. The number of benzene rings is 1. The molecule has 2 N–H and O–H groups in total. The van der Waals surface area contributed by atoms with Gasteiger partial charge >= 0.3 is 12.4 Å². The minimum atomic E-state index is -4.81. The number of halogens is 3. The predicted molar refractivity (Wildman–Crippen MR) is 110 cm³/mol. The number of urea groups is 1. The second-order valence-corrected chi connectivity index (χ2v) is 7.83. The van der Waals surface area contributed by atoms with E-state index in [4.69, 9.17) is 4.74 Å². The van der Waals surface area contributed by atoms with E-state index in [9.17, 15) is 22.8 Å². The van der Waals surface area contributed by atoms with Gasteiger partial charge in [-0.25, -0.2) is 9.78 Å². The number of nitrogens with zero attached hydrogens (tertiary/aromatic N) is 2. The first kappa shape index (κ1) is 23.3. The molecule has 0 fully saturated rings. The number of aromatic nitrogens is 1. The minimum absolute atomic E-state index is 0.243. The Bertz CT molecular complexity index is 1010. The van der Waals surface area contributed by atoms with Crippen LogP contribution >= 0.6 is 0 Å². The molecule has 0 aliphatic carbocycles. The van der Waals surface area contributed by atoms with Crippen molar-refractivity contribution in [1.82, 2.24) is 10.3 Å². The highest BCUT2D eigenvalue weighted by molar-refractivity contribution is 6.08. The molecule has 32 heavy (non-hydrogen) atoms. The molecule has 1 aliphatic rings. The Hall–Kier alpha value is -3.34. The SMILES string of the molecule is COC(C)(C)C(NC(=O)N1CC(=O)Nc2cc(C)cnc21)c1ccc(OC(F)(F)F)cc1. The van der Waals surface area contributed by atoms with Crippen molar-refractivity contribution in [1.29, 1.82) is 0 Å². The third-order valence-electron chi connectivity index (χ3n) is 5.02. The standard InChI is InChI=1S/C21H23F3N4O4/c1-12-9-15-18(25-10-12)28(11-16(29)26-15)19(30)27-17(20(2,3)31-4)13-5-7-14(8-6-13)32-21(22,23)24/h5-10,17H,11H2,1-4H3,(H,26,29)(H,27,30). The Morgan fingerprint density at radius 2 is 1.91 bits per heavy atom. The highest BCUT2D eigenvalue weighted by Crippen LogP contribution is 2.33. The highest BCUT2D eigenvalue weighted by atomic mass is 19.4. The van der Waals surface area contributed by atoms with Gasteiger partial charge in [-0.1, -0.05) is 12.1 Å². The summed E-state index contributed by atoms with van der Waals surface area (Å²) in [5.41, 5.74) is 0.764. The van der Waals surface area contributed by atoms with Gasteiger partial charge in [-0.15, -0.1) is 13.2 Å². The van der Waals surface area contributed by atoms with Crippen LogP contribution in [-0.4, -0.2) is 42.5 Å². The maximum atomic E-state index is 13.2. The quantitative estimate of drug-likeness (QED) is 0.717. The number of carbonyl (C=O) groups is 2. The topological polar surface area (TPSA) is 92.8 Å². The molecular weight excluding hydrogens is 429 g/mol. The smallest absolute Gasteiger partial charge is 0.406 e. The summed E-state index contributed by atoms with van der Waals surface area (Å²) in [4.78, 5) is 30.7.